The zero-order valence-corrected chi connectivity index (χ0v) is 23.1. The number of hydrogen-bond acceptors (Lipinski definition) is 7. The van der Waals surface area contributed by atoms with Crippen molar-refractivity contribution < 1.29 is 33.9 Å². The first-order chi connectivity index (χ1) is 18.6. The summed E-state index contributed by atoms with van der Waals surface area (Å²) in [6.07, 6.45) is 5.89. The molecule has 6 fully saturated rings. The summed E-state index contributed by atoms with van der Waals surface area (Å²) in [6.45, 7) is 6.14. The van der Waals surface area contributed by atoms with Gasteiger partial charge in [0.15, 0.2) is 0 Å². The molecule has 6 aliphatic rings. The van der Waals surface area contributed by atoms with Crippen molar-refractivity contribution in [3.8, 4) is 0 Å². The minimum Gasteiger partial charge on any atom is -0.379 e. The van der Waals surface area contributed by atoms with Gasteiger partial charge in [-0.15, -0.1) is 0 Å². The van der Waals surface area contributed by atoms with E-state index in [4.69, 9.17) is 18.9 Å². The Morgan fingerprint density at radius 1 is 1.05 bits per heavy atom. The number of nitrogens with zero attached hydrogens (tertiary/aromatic N) is 2. The van der Waals surface area contributed by atoms with Gasteiger partial charge < -0.3 is 34.5 Å². The number of carbonyl (C=O) groups excluding carboxylic acids is 2. The van der Waals surface area contributed by atoms with E-state index in [2.05, 4.69) is 20.4 Å². The minimum absolute atomic E-state index is 0.0105. The number of carbonyl (C=O) groups is 2. The van der Waals surface area contributed by atoms with E-state index in [1.807, 2.05) is 0 Å². The summed E-state index contributed by atoms with van der Waals surface area (Å²) in [5.74, 6) is 1.52. The zero-order chi connectivity index (χ0) is 26.2. The van der Waals surface area contributed by atoms with Gasteiger partial charge in [0.25, 0.3) is 0 Å². The Morgan fingerprint density at radius 3 is 2.68 bits per heavy atom. The van der Waals surface area contributed by atoms with Gasteiger partial charge in [-0.3, -0.25) is 14.5 Å². The third-order valence-electron chi connectivity index (χ3n) is 10.7. The van der Waals surface area contributed by atoms with Crippen LogP contribution in [0, 0.1) is 23.7 Å². The van der Waals surface area contributed by atoms with Gasteiger partial charge in [0.05, 0.1) is 50.0 Å². The second kappa shape index (κ2) is 11.7. The summed E-state index contributed by atoms with van der Waals surface area (Å²) in [5.41, 5.74) is 0. The predicted molar refractivity (Wildman–Crippen MR) is 138 cm³/mol. The van der Waals surface area contributed by atoms with E-state index in [-0.39, 0.29) is 42.8 Å². The van der Waals surface area contributed by atoms with Crippen LogP contribution in [0.5, 0.6) is 0 Å². The molecule has 0 aromatic carbocycles. The van der Waals surface area contributed by atoms with Gasteiger partial charge in [0, 0.05) is 58.8 Å². The van der Waals surface area contributed by atoms with E-state index in [1.165, 1.54) is 0 Å². The average Bonchev–Trinajstić information content (AvgIpc) is 3.29. The standard InChI is InChI=1S/C28H46N4O6/c1-35-22-6-4-19-24(27(22)36-2)28(34)32-21-5-3-17(15-20(21)18-7-8-30-25(19)26(18)32)38-16-23(33)29-9-10-31-11-13-37-14-12-31/h17-22,24-27,30H,3-16H2,1-2H3,(H,29,33)/p+1. The van der Waals surface area contributed by atoms with Gasteiger partial charge >= 0.3 is 0 Å². The molecule has 6 rings (SSSR count). The highest BCUT2D eigenvalue weighted by Gasteiger charge is 2.66. The summed E-state index contributed by atoms with van der Waals surface area (Å²) < 4.78 is 23.3. The van der Waals surface area contributed by atoms with Gasteiger partial charge in [0.2, 0.25) is 11.8 Å². The maximum Gasteiger partial charge on any atom is 0.246 e. The fourth-order valence-electron chi connectivity index (χ4n) is 9.08. The maximum absolute atomic E-state index is 14.2. The van der Waals surface area contributed by atoms with E-state index in [1.54, 1.807) is 14.2 Å². The van der Waals surface area contributed by atoms with Crippen molar-refractivity contribution >= 4 is 11.8 Å². The van der Waals surface area contributed by atoms with Crippen LogP contribution < -0.4 is 10.6 Å². The van der Waals surface area contributed by atoms with Crippen LogP contribution in [0.2, 0.25) is 0 Å². The molecule has 10 nitrogen and oxygen atoms in total. The van der Waals surface area contributed by atoms with Crippen LogP contribution in [0.3, 0.4) is 0 Å². The van der Waals surface area contributed by atoms with Gasteiger partial charge in [-0.1, -0.05) is 0 Å². The van der Waals surface area contributed by atoms with Crippen LogP contribution in [0.1, 0.15) is 38.5 Å². The summed E-state index contributed by atoms with van der Waals surface area (Å²) in [5, 5.41) is 5.55. The lowest BCUT2D eigenvalue weighted by Gasteiger charge is -2.53. The number of nitrogens with one attached hydrogen (secondary N) is 1. The van der Waals surface area contributed by atoms with E-state index >= 15 is 0 Å². The number of rotatable bonds is 8. The van der Waals surface area contributed by atoms with Crippen LogP contribution in [0.4, 0.5) is 0 Å². The molecule has 4 aliphatic heterocycles. The van der Waals surface area contributed by atoms with Crippen LogP contribution >= 0.6 is 0 Å². The van der Waals surface area contributed by atoms with Crippen LogP contribution in [-0.4, -0.2) is 125 Å². The molecule has 10 unspecified atom stereocenters. The highest BCUT2D eigenvalue weighted by Crippen LogP contribution is 2.53. The van der Waals surface area contributed by atoms with Crippen LogP contribution in [0.15, 0.2) is 0 Å². The lowest BCUT2D eigenvalue weighted by atomic mass is 9.64. The molecule has 0 aromatic rings. The van der Waals surface area contributed by atoms with Gasteiger partial charge in [-0.05, 0) is 43.9 Å². The quantitative estimate of drug-likeness (QED) is 0.420. The number of quaternary nitrogens is 1. The average molecular weight is 536 g/mol. The molecule has 0 aromatic heterocycles. The van der Waals surface area contributed by atoms with Gasteiger partial charge in [-0.25, -0.2) is 0 Å². The van der Waals surface area contributed by atoms with Crippen LogP contribution in [-0.2, 0) is 28.5 Å². The number of nitrogens with two attached hydrogens (primary N) is 1. The lowest BCUT2D eigenvalue weighted by Crippen LogP contribution is -2.99. The predicted octanol–water partition coefficient (Wildman–Crippen LogP) is -0.779. The minimum atomic E-state index is -0.165. The van der Waals surface area contributed by atoms with Crippen molar-refractivity contribution in [1.82, 2.24) is 15.1 Å². The van der Waals surface area contributed by atoms with Crippen molar-refractivity contribution in [2.24, 2.45) is 23.7 Å². The number of methoxy groups -OCH3 is 2. The molecule has 214 valence electrons. The Labute approximate surface area is 226 Å². The summed E-state index contributed by atoms with van der Waals surface area (Å²) in [7, 11) is 3.48. The molecule has 0 spiro atoms. The molecular weight excluding hydrogens is 488 g/mol. The van der Waals surface area contributed by atoms with E-state index in [9.17, 15) is 9.59 Å². The Hall–Kier alpha value is -1.30. The van der Waals surface area contributed by atoms with Gasteiger partial charge in [-0.2, -0.15) is 0 Å². The first kappa shape index (κ1) is 26.9. The number of hydrogen-bond donors (Lipinski definition) is 2. The smallest absolute Gasteiger partial charge is 0.246 e. The van der Waals surface area contributed by atoms with E-state index < -0.39 is 0 Å². The highest BCUT2D eigenvalue weighted by atomic mass is 16.5. The molecule has 4 heterocycles. The number of fused-ring (bicyclic) bond motifs is 5. The zero-order valence-electron chi connectivity index (χ0n) is 23.1. The highest BCUT2D eigenvalue weighted by molar-refractivity contribution is 5.82. The Kier molecular flexibility index (Phi) is 8.26. The number of morpholine rings is 1. The van der Waals surface area contributed by atoms with Crippen molar-refractivity contribution in [2.45, 2.75) is 75.0 Å². The topological polar surface area (TPSA) is 106 Å². The van der Waals surface area contributed by atoms with E-state index in [0.717, 1.165) is 77.9 Å². The first-order valence-corrected chi connectivity index (χ1v) is 15.0. The monoisotopic (exact) mass is 535 g/mol. The molecule has 10 atom stereocenters. The second-order valence-electron chi connectivity index (χ2n) is 12.3. The van der Waals surface area contributed by atoms with E-state index in [0.29, 0.717) is 42.3 Å². The fourth-order valence-corrected chi connectivity index (χ4v) is 9.08. The normalized spacial score (nSPS) is 42.8. The molecule has 2 amide bonds. The fraction of sp³-hybridized carbons (Fsp3) is 0.929. The Morgan fingerprint density at radius 2 is 1.89 bits per heavy atom. The third kappa shape index (κ3) is 4.90. The largest absolute Gasteiger partial charge is 0.379 e. The molecule has 0 bridgehead atoms. The molecule has 3 N–H and O–H groups in total. The molecule has 0 radical (unpaired) electrons. The van der Waals surface area contributed by atoms with Crippen molar-refractivity contribution in [3.05, 3.63) is 0 Å². The summed E-state index contributed by atoms with van der Waals surface area (Å²) in [6, 6.07) is 1.07. The molecule has 2 saturated carbocycles. The second-order valence-corrected chi connectivity index (χ2v) is 12.3. The number of amides is 2. The molecule has 38 heavy (non-hydrogen) atoms. The maximum atomic E-state index is 14.2. The third-order valence-corrected chi connectivity index (χ3v) is 10.7. The molecule has 4 saturated heterocycles. The van der Waals surface area contributed by atoms with Crippen molar-refractivity contribution in [3.63, 3.8) is 0 Å². The Bertz CT molecular complexity index is 855. The lowest BCUT2D eigenvalue weighted by molar-refractivity contribution is -0.713. The SMILES string of the molecule is COC1CCC2C3[NH2+]CCC4C5CC(OCC(=O)NCCN6CCOCC6)CCC5N(C(=O)C2C1OC)C43. The molecule has 10 heteroatoms. The summed E-state index contributed by atoms with van der Waals surface area (Å²) in [4.78, 5) is 31.3. The Balaban J connectivity index is 1.07. The number of ether oxygens (including phenoxy) is 4. The van der Waals surface area contributed by atoms with Crippen molar-refractivity contribution in [1.29, 1.82) is 0 Å². The van der Waals surface area contributed by atoms with Gasteiger partial charge in [0.1, 0.15) is 12.6 Å². The van der Waals surface area contributed by atoms with Crippen LogP contribution in [0.25, 0.3) is 0 Å². The van der Waals surface area contributed by atoms with Crippen molar-refractivity contribution in [2.75, 3.05) is 66.8 Å². The number of piperidine rings is 2. The summed E-state index contributed by atoms with van der Waals surface area (Å²) >= 11 is 0. The first-order valence-electron chi connectivity index (χ1n) is 15.0. The molecule has 2 aliphatic carbocycles. The molecular formula is C28H47N4O6+.